The highest BCUT2D eigenvalue weighted by Gasteiger charge is 2.19. The van der Waals surface area contributed by atoms with Crippen molar-refractivity contribution in [3.63, 3.8) is 0 Å². The second-order valence-corrected chi connectivity index (χ2v) is 5.20. The quantitative estimate of drug-likeness (QED) is 0.866. The summed E-state index contributed by atoms with van der Waals surface area (Å²) in [4.78, 5) is 11.7. The Bertz CT molecular complexity index is 410. The van der Waals surface area contributed by atoms with Gasteiger partial charge in [0.2, 0.25) is 0 Å². The number of hydrogen-bond donors (Lipinski definition) is 2. The van der Waals surface area contributed by atoms with Crippen molar-refractivity contribution in [2.24, 2.45) is 0 Å². The number of aromatic hydroxyl groups is 1. The third-order valence-electron chi connectivity index (χ3n) is 2.37. The molecule has 0 aliphatic rings. The van der Waals surface area contributed by atoms with Gasteiger partial charge in [-0.25, -0.2) is 4.79 Å². The standard InChI is InChI=1S/C14H21NO3/c1-5-12(10-7-6-8-11(16)9-10)15-13(17)18-14(2,3)4/h6-9,12,16H,5H2,1-4H3,(H,15,17)/t12-/m0/s1. The van der Waals surface area contributed by atoms with E-state index in [2.05, 4.69) is 5.32 Å². The van der Waals surface area contributed by atoms with Gasteiger partial charge in [-0.2, -0.15) is 0 Å². The molecule has 1 atom stereocenters. The summed E-state index contributed by atoms with van der Waals surface area (Å²) in [6.07, 6.45) is 0.278. The summed E-state index contributed by atoms with van der Waals surface area (Å²) >= 11 is 0. The molecule has 0 heterocycles. The summed E-state index contributed by atoms with van der Waals surface area (Å²) < 4.78 is 5.21. The van der Waals surface area contributed by atoms with Gasteiger partial charge in [0.1, 0.15) is 11.4 Å². The zero-order chi connectivity index (χ0) is 13.8. The second-order valence-electron chi connectivity index (χ2n) is 5.20. The van der Waals surface area contributed by atoms with E-state index in [1.807, 2.05) is 33.8 Å². The average Bonchev–Trinajstić information content (AvgIpc) is 2.23. The number of carbonyl (C=O) groups excluding carboxylic acids is 1. The first-order chi connectivity index (χ1) is 8.31. The van der Waals surface area contributed by atoms with E-state index in [1.54, 1.807) is 18.2 Å². The summed E-state index contributed by atoms with van der Waals surface area (Å²) in [6.45, 7) is 7.43. The maximum atomic E-state index is 11.7. The number of alkyl carbamates (subject to hydrolysis) is 1. The Labute approximate surface area is 108 Å². The Balaban J connectivity index is 2.71. The van der Waals surface area contributed by atoms with Crippen LogP contribution in [0.3, 0.4) is 0 Å². The molecule has 0 spiro atoms. The van der Waals surface area contributed by atoms with Gasteiger partial charge in [0.15, 0.2) is 0 Å². The van der Waals surface area contributed by atoms with Crippen LogP contribution in [0.1, 0.15) is 45.7 Å². The first kappa shape index (κ1) is 14.4. The molecular formula is C14H21NO3. The summed E-state index contributed by atoms with van der Waals surface area (Å²) in [5.74, 6) is 0.192. The number of ether oxygens (including phenoxy) is 1. The van der Waals surface area contributed by atoms with Crippen LogP contribution in [-0.4, -0.2) is 16.8 Å². The number of hydrogen-bond acceptors (Lipinski definition) is 3. The van der Waals surface area contributed by atoms with Crippen molar-refractivity contribution >= 4 is 6.09 Å². The minimum Gasteiger partial charge on any atom is -0.508 e. The van der Waals surface area contributed by atoms with Gasteiger partial charge in [0.05, 0.1) is 6.04 Å². The van der Waals surface area contributed by atoms with E-state index in [0.29, 0.717) is 0 Å². The summed E-state index contributed by atoms with van der Waals surface area (Å²) in [5.41, 5.74) is 0.352. The van der Waals surface area contributed by atoms with Crippen LogP contribution in [0.5, 0.6) is 5.75 Å². The lowest BCUT2D eigenvalue weighted by molar-refractivity contribution is 0.0502. The van der Waals surface area contributed by atoms with Gasteiger partial charge in [-0.15, -0.1) is 0 Å². The molecule has 4 nitrogen and oxygen atoms in total. The fourth-order valence-corrected chi connectivity index (χ4v) is 1.61. The molecule has 0 aliphatic carbocycles. The maximum Gasteiger partial charge on any atom is 0.408 e. The summed E-state index contributed by atoms with van der Waals surface area (Å²) in [7, 11) is 0. The van der Waals surface area contributed by atoms with Crippen molar-refractivity contribution in [2.45, 2.75) is 45.8 Å². The Kier molecular flexibility index (Phi) is 4.59. The van der Waals surface area contributed by atoms with Gasteiger partial charge >= 0.3 is 6.09 Å². The second kappa shape index (κ2) is 5.76. The number of amides is 1. The molecule has 0 radical (unpaired) electrons. The zero-order valence-electron chi connectivity index (χ0n) is 11.4. The van der Waals surface area contributed by atoms with Gasteiger partial charge in [-0.05, 0) is 44.9 Å². The van der Waals surface area contributed by atoms with Gasteiger partial charge in [-0.3, -0.25) is 0 Å². The molecule has 0 saturated carbocycles. The minimum atomic E-state index is -0.513. The summed E-state index contributed by atoms with van der Waals surface area (Å²) in [5, 5.41) is 12.2. The summed E-state index contributed by atoms with van der Waals surface area (Å²) in [6, 6.07) is 6.71. The monoisotopic (exact) mass is 251 g/mol. The topological polar surface area (TPSA) is 58.6 Å². The predicted octanol–water partition coefficient (Wildman–Crippen LogP) is 3.37. The van der Waals surface area contributed by atoms with Crippen LogP contribution < -0.4 is 5.32 Å². The molecule has 2 N–H and O–H groups in total. The Morgan fingerprint density at radius 1 is 1.44 bits per heavy atom. The van der Waals surface area contributed by atoms with Crippen LogP contribution in [0, 0.1) is 0 Å². The minimum absolute atomic E-state index is 0.160. The Hall–Kier alpha value is -1.71. The largest absolute Gasteiger partial charge is 0.508 e. The number of phenols is 1. The first-order valence-corrected chi connectivity index (χ1v) is 6.10. The lowest BCUT2D eigenvalue weighted by Gasteiger charge is -2.23. The third-order valence-corrected chi connectivity index (χ3v) is 2.37. The van der Waals surface area contributed by atoms with Crippen LogP contribution in [0.25, 0.3) is 0 Å². The van der Waals surface area contributed by atoms with Crippen molar-refractivity contribution < 1.29 is 14.6 Å². The van der Waals surface area contributed by atoms with E-state index in [9.17, 15) is 9.90 Å². The molecule has 0 unspecified atom stereocenters. The van der Waals surface area contributed by atoms with Crippen molar-refractivity contribution in [2.75, 3.05) is 0 Å². The fraction of sp³-hybridized carbons (Fsp3) is 0.500. The number of rotatable bonds is 3. The molecule has 0 bridgehead atoms. The van der Waals surface area contributed by atoms with Crippen molar-refractivity contribution in [3.8, 4) is 5.75 Å². The highest BCUT2D eigenvalue weighted by molar-refractivity contribution is 5.68. The lowest BCUT2D eigenvalue weighted by Crippen LogP contribution is -2.34. The van der Waals surface area contributed by atoms with Crippen molar-refractivity contribution in [1.82, 2.24) is 5.32 Å². The molecule has 1 amide bonds. The first-order valence-electron chi connectivity index (χ1n) is 6.10. The Morgan fingerprint density at radius 3 is 2.61 bits per heavy atom. The van der Waals surface area contributed by atoms with E-state index in [1.165, 1.54) is 0 Å². The van der Waals surface area contributed by atoms with E-state index in [-0.39, 0.29) is 11.8 Å². The maximum absolute atomic E-state index is 11.7. The van der Waals surface area contributed by atoms with E-state index >= 15 is 0 Å². The van der Waals surface area contributed by atoms with Crippen molar-refractivity contribution in [1.29, 1.82) is 0 Å². The molecule has 0 aromatic heterocycles. The van der Waals surface area contributed by atoms with Crippen molar-refractivity contribution in [3.05, 3.63) is 29.8 Å². The zero-order valence-corrected chi connectivity index (χ0v) is 11.4. The normalized spacial score (nSPS) is 12.9. The van der Waals surface area contributed by atoms with E-state index in [4.69, 9.17) is 4.74 Å². The van der Waals surface area contributed by atoms with Gasteiger partial charge < -0.3 is 15.2 Å². The van der Waals surface area contributed by atoms with Gasteiger partial charge in [0.25, 0.3) is 0 Å². The van der Waals surface area contributed by atoms with Gasteiger partial charge in [-0.1, -0.05) is 19.1 Å². The molecule has 0 saturated heterocycles. The Morgan fingerprint density at radius 2 is 2.11 bits per heavy atom. The van der Waals surface area contributed by atoms with Crippen LogP contribution in [0.15, 0.2) is 24.3 Å². The van der Waals surface area contributed by atoms with E-state index < -0.39 is 11.7 Å². The molecule has 0 aliphatic heterocycles. The third kappa shape index (κ3) is 4.65. The number of carbonyl (C=O) groups is 1. The predicted molar refractivity (Wildman–Crippen MR) is 70.5 cm³/mol. The smallest absolute Gasteiger partial charge is 0.408 e. The van der Waals surface area contributed by atoms with E-state index in [0.717, 1.165) is 12.0 Å². The highest BCUT2D eigenvalue weighted by atomic mass is 16.6. The molecule has 1 aromatic carbocycles. The fourth-order valence-electron chi connectivity index (χ4n) is 1.61. The van der Waals surface area contributed by atoms with Crippen LogP contribution in [0.2, 0.25) is 0 Å². The van der Waals surface area contributed by atoms with Gasteiger partial charge in [0, 0.05) is 0 Å². The molecule has 18 heavy (non-hydrogen) atoms. The number of benzene rings is 1. The molecule has 0 fully saturated rings. The molecule has 1 rings (SSSR count). The highest BCUT2D eigenvalue weighted by Crippen LogP contribution is 2.21. The average molecular weight is 251 g/mol. The molecule has 4 heteroatoms. The van der Waals surface area contributed by atoms with Crippen LogP contribution in [-0.2, 0) is 4.74 Å². The molecule has 100 valence electrons. The SMILES string of the molecule is CC[C@H](NC(=O)OC(C)(C)C)c1cccc(O)c1. The van der Waals surface area contributed by atoms with Crippen LogP contribution >= 0.6 is 0 Å². The number of nitrogens with one attached hydrogen (secondary N) is 1. The molecule has 1 aromatic rings. The number of phenolic OH excluding ortho intramolecular Hbond substituents is 1. The molecular weight excluding hydrogens is 230 g/mol. The lowest BCUT2D eigenvalue weighted by atomic mass is 10.0. The van der Waals surface area contributed by atoms with Crippen LogP contribution in [0.4, 0.5) is 4.79 Å².